The minimum atomic E-state index is -1.15. The second-order valence-corrected chi connectivity index (χ2v) is 6.03. The molecule has 0 saturated heterocycles. The number of amides is 2. The van der Waals surface area contributed by atoms with Crippen molar-refractivity contribution in [3.8, 4) is 0 Å². The van der Waals surface area contributed by atoms with Crippen LogP contribution in [-0.4, -0.2) is 22.6 Å². The first-order chi connectivity index (χ1) is 9.91. The highest BCUT2D eigenvalue weighted by Gasteiger charge is 2.43. The van der Waals surface area contributed by atoms with Gasteiger partial charge in [-0.15, -0.1) is 0 Å². The van der Waals surface area contributed by atoms with Gasteiger partial charge in [0.2, 0.25) is 0 Å². The number of nitrogens with one attached hydrogen (secondary N) is 2. The van der Waals surface area contributed by atoms with Crippen LogP contribution in [-0.2, 0) is 4.79 Å². The van der Waals surface area contributed by atoms with Gasteiger partial charge in [0.25, 0.3) is 0 Å². The predicted molar refractivity (Wildman–Crippen MR) is 81.3 cm³/mol. The molecule has 0 aliphatic heterocycles. The minimum absolute atomic E-state index is 0.300. The molecule has 1 aliphatic carbocycles. The van der Waals surface area contributed by atoms with Crippen LogP contribution in [0, 0.1) is 12.8 Å². The van der Waals surface area contributed by atoms with Crippen molar-refractivity contribution >= 4 is 17.7 Å². The summed E-state index contributed by atoms with van der Waals surface area (Å²) in [6, 6.07) is 6.92. The Bertz CT molecular complexity index is 527. The van der Waals surface area contributed by atoms with Gasteiger partial charge in [-0.05, 0) is 37.8 Å². The average molecular weight is 290 g/mol. The van der Waals surface area contributed by atoms with Gasteiger partial charge in [-0.3, -0.25) is 0 Å². The number of hydrogen-bond acceptors (Lipinski definition) is 2. The van der Waals surface area contributed by atoms with Crippen molar-refractivity contribution in [2.45, 2.75) is 45.1 Å². The summed E-state index contributed by atoms with van der Waals surface area (Å²) in [5, 5.41) is 14.9. The topological polar surface area (TPSA) is 78.4 Å². The second kappa shape index (κ2) is 6.16. The number of carbonyl (C=O) groups excluding carboxylic acids is 1. The van der Waals surface area contributed by atoms with E-state index < -0.39 is 17.5 Å². The van der Waals surface area contributed by atoms with E-state index in [1.54, 1.807) is 12.1 Å². The highest BCUT2D eigenvalue weighted by molar-refractivity contribution is 5.94. The molecule has 5 heteroatoms. The molecule has 2 atom stereocenters. The quantitative estimate of drug-likeness (QED) is 0.800. The first kappa shape index (κ1) is 15.4. The van der Waals surface area contributed by atoms with Crippen molar-refractivity contribution in [3.63, 3.8) is 0 Å². The molecule has 1 aliphatic rings. The molecule has 2 amide bonds. The third-order valence-electron chi connectivity index (χ3n) is 4.07. The highest BCUT2D eigenvalue weighted by Crippen LogP contribution is 2.32. The van der Waals surface area contributed by atoms with E-state index in [0.717, 1.165) is 18.4 Å². The van der Waals surface area contributed by atoms with E-state index in [0.29, 0.717) is 24.4 Å². The van der Waals surface area contributed by atoms with Crippen LogP contribution in [0.15, 0.2) is 24.3 Å². The molecule has 21 heavy (non-hydrogen) atoms. The molecule has 2 rings (SSSR count). The number of rotatable bonds is 3. The molecule has 2 unspecified atom stereocenters. The average Bonchev–Trinajstić information content (AvgIpc) is 2.41. The Hall–Kier alpha value is -2.04. The highest BCUT2D eigenvalue weighted by atomic mass is 16.4. The molecule has 1 saturated carbocycles. The first-order valence-corrected chi connectivity index (χ1v) is 7.30. The van der Waals surface area contributed by atoms with Crippen molar-refractivity contribution in [2.75, 3.05) is 5.32 Å². The van der Waals surface area contributed by atoms with Gasteiger partial charge in [-0.1, -0.05) is 37.5 Å². The number of hydrogen-bond donors (Lipinski definition) is 3. The van der Waals surface area contributed by atoms with Crippen LogP contribution in [0.1, 0.15) is 38.2 Å². The van der Waals surface area contributed by atoms with Gasteiger partial charge in [0.1, 0.15) is 5.54 Å². The van der Waals surface area contributed by atoms with Gasteiger partial charge in [0.05, 0.1) is 0 Å². The molecular formula is C16H22N2O3. The summed E-state index contributed by atoms with van der Waals surface area (Å²) in [7, 11) is 0. The SMILES string of the molecule is Cc1ccc(NC(=O)NC2(C(=O)O)CCCC(C)C2)cc1. The van der Waals surface area contributed by atoms with Crippen molar-refractivity contribution in [1.82, 2.24) is 5.32 Å². The fourth-order valence-electron chi connectivity index (χ4n) is 2.93. The van der Waals surface area contributed by atoms with Crippen molar-refractivity contribution in [3.05, 3.63) is 29.8 Å². The molecule has 0 heterocycles. The summed E-state index contributed by atoms with van der Waals surface area (Å²) >= 11 is 0. The van der Waals surface area contributed by atoms with E-state index in [2.05, 4.69) is 10.6 Å². The van der Waals surface area contributed by atoms with Crippen molar-refractivity contribution in [2.24, 2.45) is 5.92 Å². The third kappa shape index (κ3) is 3.74. The Balaban J connectivity index is 2.05. The van der Waals surface area contributed by atoms with E-state index in [-0.39, 0.29) is 0 Å². The number of aliphatic carboxylic acids is 1. The van der Waals surface area contributed by atoms with Crippen LogP contribution in [0.4, 0.5) is 10.5 Å². The molecular weight excluding hydrogens is 268 g/mol. The van der Waals surface area contributed by atoms with Gasteiger partial charge in [0.15, 0.2) is 0 Å². The van der Waals surface area contributed by atoms with Crippen LogP contribution in [0.2, 0.25) is 0 Å². The van der Waals surface area contributed by atoms with Gasteiger partial charge in [-0.2, -0.15) is 0 Å². The lowest BCUT2D eigenvalue weighted by atomic mass is 9.76. The summed E-state index contributed by atoms with van der Waals surface area (Å²) in [6.07, 6.45) is 2.78. The van der Waals surface area contributed by atoms with E-state index in [9.17, 15) is 14.7 Å². The largest absolute Gasteiger partial charge is 0.480 e. The fraction of sp³-hybridized carbons (Fsp3) is 0.500. The van der Waals surface area contributed by atoms with E-state index in [4.69, 9.17) is 0 Å². The van der Waals surface area contributed by atoms with Gasteiger partial charge >= 0.3 is 12.0 Å². The van der Waals surface area contributed by atoms with Crippen LogP contribution >= 0.6 is 0 Å². The molecule has 0 spiro atoms. The zero-order chi connectivity index (χ0) is 15.5. The molecule has 5 nitrogen and oxygen atoms in total. The van der Waals surface area contributed by atoms with E-state index in [1.807, 2.05) is 26.0 Å². The molecule has 0 aromatic heterocycles. The molecule has 3 N–H and O–H groups in total. The summed E-state index contributed by atoms with van der Waals surface area (Å²) in [6.45, 7) is 3.99. The normalized spacial score (nSPS) is 25.1. The number of anilines is 1. The van der Waals surface area contributed by atoms with Crippen LogP contribution in [0.25, 0.3) is 0 Å². The lowest BCUT2D eigenvalue weighted by Gasteiger charge is -2.36. The lowest BCUT2D eigenvalue weighted by molar-refractivity contribution is -0.146. The molecule has 0 radical (unpaired) electrons. The van der Waals surface area contributed by atoms with Gasteiger partial charge < -0.3 is 15.7 Å². The standard InChI is InChI=1S/C16H22N2O3/c1-11-5-7-13(8-6-11)17-15(21)18-16(14(19)20)9-3-4-12(2)10-16/h5-8,12H,3-4,9-10H2,1-2H3,(H,19,20)(H2,17,18,21). The van der Waals surface area contributed by atoms with Gasteiger partial charge in [-0.25, -0.2) is 9.59 Å². The Morgan fingerprint density at radius 1 is 1.29 bits per heavy atom. The number of benzene rings is 1. The fourth-order valence-corrected chi connectivity index (χ4v) is 2.93. The smallest absolute Gasteiger partial charge is 0.329 e. The minimum Gasteiger partial charge on any atom is -0.480 e. The van der Waals surface area contributed by atoms with E-state index >= 15 is 0 Å². The van der Waals surface area contributed by atoms with Gasteiger partial charge in [0, 0.05) is 5.69 Å². The number of carboxylic acid groups (broad SMARTS) is 1. The first-order valence-electron chi connectivity index (χ1n) is 7.30. The molecule has 1 aromatic rings. The molecule has 1 aromatic carbocycles. The van der Waals surface area contributed by atoms with Crippen molar-refractivity contribution < 1.29 is 14.7 Å². The van der Waals surface area contributed by atoms with Crippen molar-refractivity contribution in [1.29, 1.82) is 0 Å². The molecule has 1 fully saturated rings. The third-order valence-corrected chi connectivity index (χ3v) is 4.07. The summed E-state index contributed by atoms with van der Waals surface area (Å²) < 4.78 is 0. The Morgan fingerprint density at radius 2 is 1.95 bits per heavy atom. The monoisotopic (exact) mass is 290 g/mol. The predicted octanol–water partition coefficient (Wildman–Crippen LogP) is 3.15. The van der Waals surface area contributed by atoms with Crippen LogP contribution in [0.5, 0.6) is 0 Å². The Labute approximate surface area is 124 Å². The second-order valence-electron chi connectivity index (χ2n) is 6.03. The summed E-state index contributed by atoms with van der Waals surface area (Å²) in [5.74, 6) is -0.650. The maximum atomic E-state index is 12.1. The number of carboxylic acids is 1. The number of aryl methyl sites for hydroxylation is 1. The molecule has 114 valence electrons. The zero-order valence-corrected chi connectivity index (χ0v) is 12.5. The number of urea groups is 1. The Kier molecular flexibility index (Phi) is 4.50. The maximum Gasteiger partial charge on any atom is 0.329 e. The Morgan fingerprint density at radius 3 is 2.52 bits per heavy atom. The summed E-state index contributed by atoms with van der Waals surface area (Å²) in [4.78, 5) is 23.7. The number of carbonyl (C=O) groups is 2. The lowest BCUT2D eigenvalue weighted by Crippen LogP contribution is -2.57. The summed E-state index contributed by atoms with van der Waals surface area (Å²) in [5.41, 5.74) is 0.610. The zero-order valence-electron chi connectivity index (χ0n) is 12.5. The van der Waals surface area contributed by atoms with Crippen LogP contribution in [0.3, 0.4) is 0 Å². The molecule has 0 bridgehead atoms. The maximum absolute atomic E-state index is 12.1. The van der Waals surface area contributed by atoms with Crippen LogP contribution < -0.4 is 10.6 Å². The van der Waals surface area contributed by atoms with E-state index in [1.165, 1.54) is 0 Å².